The molecule has 2 aliphatic rings. The van der Waals surface area contributed by atoms with E-state index in [1.54, 1.807) is 0 Å². The molecule has 124 valence electrons. The van der Waals surface area contributed by atoms with Crippen LogP contribution in [-0.4, -0.2) is 26.7 Å². The highest BCUT2D eigenvalue weighted by atomic mass is 15.3. The van der Waals surface area contributed by atoms with Crippen LogP contribution >= 0.6 is 0 Å². The van der Waals surface area contributed by atoms with Crippen LogP contribution in [-0.2, 0) is 0 Å². The van der Waals surface area contributed by atoms with Gasteiger partial charge in [-0.05, 0) is 38.0 Å². The maximum absolute atomic E-state index is 6.06. The minimum absolute atomic E-state index is 0.335. The van der Waals surface area contributed by atoms with Gasteiger partial charge in [0.1, 0.15) is 5.82 Å². The zero-order valence-corrected chi connectivity index (χ0v) is 13.9. The van der Waals surface area contributed by atoms with Gasteiger partial charge in [-0.3, -0.25) is 0 Å². The second kappa shape index (κ2) is 6.11. The number of rotatable bonds is 3. The van der Waals surface area contributed by atoms with Crippen molar-refractivity contribution in [1.82, 2.24) is 14.6 Å². The van der Waals surface area contributed by atoms with Gasteiger partial charge in [-0.25, -0.2) is 4.98 Å². The third-order valence-corrected chi connectivity index (χ3v) is 5.64. The molecule has 0 saturated heterocycles. The summed E-state index contributed by atoms with van der Waals surface area (Å²) in [5.41, 5.74) is 8.24. The number of nitrogens with zero attached hydrogens (tertiary/aromatic N) is 3. The molecule has 2 heterocycles. The van der Waals surface area contributed by atoms with E-state index in [1.807, 2.05) is 16.8 Å². The molecule has 5 nitrogen and oxygen atoms in total. The summed E-state index contributed by atoms with van der Waals surface area (Å²) in [7, 11) is 0. The number of hydrogen-bond donors (Lipinski definition) is 2. The Kier molecular flexibility index (Phi) is 3.97. The van der Waals surface area contributed by atoms with Crippen molar-refractivity contribution in [3.63, 3.8) is 0 Å². The van der Waals surface area contributed by atoms with Crippen LogP contribution in [0.3, 0.4) is 0 Å². The molecule has 3 N–H and O–H groups in total. The van der Waals surface area contributed by atoms with Crippen LogP contribution < -0.4 is 11.1 Å². The smallest absolute Gasteiger partial charge is 0.157 e. The second-order valence-corrected chi connectivity index (χ2v) is 7.54. The largest absolute Gasteiger partial charge is 0.367 e. The van der Waals surface area contributed by atoms with Gasteiger partial charge in [0, 0.05) is 35.8 Å². The molecular formula is C18H27N5. The van der Waals surface area contributed by atoms with Crippen LogP contribution in [0.1, 0.15) is 63.5 Å². The van der Waals surface area contributed by atoms with Crippen molar-refractivity contribution in [2.45, 2.75) is 69.9 Å². The quantitative estimate of drug-likeness (QED) is 0.912. The molecule has 0 aromatic carbocycles. The van der Waals surface area contributed by atoms with Crippen molar-refractivity contribution in [2.24, 2.45) is 11.7 Å². The zero-order chi connectivity index (χ0) is 15.8. The Morgan fingerprint density at radius 3 is 2.74 bits per heavy atom. The fraction of sp³-hybridized carbons (Fsp3) is 0.667. The van der Waals surface area contributed by atoms with Crippen LogP contribution in [0.2, 0.25) is 0 Å². The van der Waals surface area contributed by atoms with Gasteiger partial charge in [-0.2, -0.15) is 9.61 Å². The maximum Gasteiger partial charge on any atom is 0.157 e. The molecule has 5 heteroatoms. The lowest BCUT2D eigenvalue weighted by Gasteiger charge is -2.26. The van der Waals surface area contributed by atoms with E-state index < -0.39 is 0 Å². The number of aromatic nitrogens is 3. The molecule has 2 aliphatic carbocycles. The van der Waals surface area contributed by atoms with E-state index >= 15 is 0 Å². The molecular weight excluding hydrogens is 286 g/mol. The summed E-state index contributed by atoms with van der Waals surface area (Å²) in [6, 6.07) is 5.02. The third kappa shape index (κ3) is 3.07. The number of nitrogens with two attached hydrogens (primary N) is 1. The minimum atomic E-state index is 0.335. The topological polar surface area (TPSA) is 68.2 Å². The van der Waals surface area contributed by atoms with E-state index in [1.165, 1.54) is 31.4 Å². The van der Waals surface area contributed by atoms with Crippen LogP contribution in [0.15, 0.2) is 18.3 Å². The lowest BCUT2D eigenvalue weighted by molar-refractivity contribution is 0.344. The van der Waals surface area contributed by atoms with Crippen LogP contribution in [0, 0.1) is 5.92 Å². The Hall–Kier alpha value is -1.62. The van der Waals surface area contributed by atoms with E-state index in [0.717, 1.165) is 36.6 Å². The normalized spacial score (nSPS) is 31.6. The van der Waals surface area contributed by atoms with Crippen molar-refractivity contribution in [3.8, 4) is 0 Å². The Morgan fingerprint density at radius 2 is 2.00 bits per heavy atom. The molecule has 23 heavy (non-hydrogen) atoms. The monoisotopic (exact) mass is 313 g/mol. The van der Waals surface area contributed by atoms with Gasteiger partial charge in [-0.15, -0.1) is 0 Å². The Morgan fingerprint density at radius 1 is 1.17 bits per heavy atom. The SMILES string of the molecule is CC1CCC(c2cc(N[C@H]3CC[C@H](N)C3)n3nccc3n2)CC1. The fourth-order valence-corrected chi connectivity index (χ4v) is 4.16. The number of nitrogens with one attached hydrogen (secondary N) is 1. The second-order valence-electron chi connectivity index (χ2n) is 7.54. The van der Waals surface area contributed by atoms with Gasteiger partial charge in [0.25, 0.3) is 0 Å². The number of hydrogen-bond acceptors (Lipinski definition) is 4. The van der Waals surface area contributed by atoms with E-state index in [0.29, 0.717) is 18.0 Å². The summed E-state index contributed by atoms with van der Waals surface area (Å²) in [6.45, 7) is 2.36. The molecule has 2 atom stereocenters. The molecule has 0 unspecified atom stereocenters. The first kappa shape index (κ1) is 14.9. The predicted molar refractivity (Wildman–Crippen MR) is 92.6 cm³/mol. The van der Waals surface area contributed by atoms with Crippen LogP contribution in [0.25, 0.3) is 5.65 Å². The van der Waals surface area contributed by atoms with Crippen molar-refractivity contribution in [1.29, 1.82) is 0 Å². The summed E-state index contributed by atoms with van der Waals surface area (Å²) >= 11 is 0. The van der Waals surface area contributed by atoms with E-state index in [4.69, 9.17) is 10.7 Å². The molecule has 0 bridgehead atoms. The predicted octanol–water partition coefficient (Wildman–Crippen LogP) is 3.31. The van der Waals surface area contributed by atoms with Crippen molar-refractivity contribution in [3.05, 3.63) is 24.0 Å². The van der Waals surface area contributed by atoms with Gasteiger partial charge in [0.15, 0.2) is 5.65 Å². The van der Waals surface area contributed by atoms with Crippen molar-refractivity contribution < 1.29 is 0 Å². The van der Waals surface area contributed by atoms with E-state index in [9.17, 15) is 0 Å². The first-order valence-corrected chi connectivity index (χ1v) is 9.06. The first-order valence-electron chi connectivity index (χ1n) is 9.06. The van der Waals surface area contributed by atoms with Crippen LogP contribution in [0.4, 0.5) is 5.82 Å². The lowest BCUT2D eigenvalue weighted by atomic mass is 9.81. The average molecular weight is 313 g/mol. The molecule has 2 saturated carbocycles. The van der Waals surface area contributed by atoms with E-state index in [-0.39, 0.29) is 0 Å². The summed E-state index contributed by atoms with van der Waals surface area (Å²) in [4.78, 5) is 4.87. The van der Waals surface area contributed by atoms with Gasteiger partial charge in [-0.1, -0.05) is 19.8 Å². The molecule has 2 aromatic rings. The minimum Gasteiger partial charge on any atom is -0.367 e. The molecule has 0 spiro atoms. The highest BCUT2D eigenvalue weighted by Gasteiger charge is 2.25. The third-order valence-electron chi connectivity index (χ3n) is 5.64. The summed E-state index contributed by atoms with van der Waals surface area (Å²) in [5, 5.41) is 8.11. The standard InChI is InChI=1S/C18H27N5/c1-12-2-4-13(5-3-12)16-11-18(21-15-7-6-14(19)10-15)23-17(22-16)8-9-20-23/h8-9,11-15,21H,2-7,10,19H2,1H3/t12?,13?,14-,15-/m0/s1. The van der Waals surface area contributed by atoms with Gasteiger partial charge >= 0.3 is 0 Å². The maximum atomic E-state index is 6.06. The summed E-state index contributed by atoms with van der Waals surface area (Å²) in [5.74, 6) is 2.53. The Balaban J connectivity index is 1.61. The Labute approximate surface area is 137 Å². The number of anilines is 1. The van der Waals surface area contributed by atoms with Gasteiger partial charge in [0.2, 0.25) is 0 Å². The molecule has 0 aliphatic heterocycles. The lowest BCUT2D eigenvalue weighted by Crippen LogP contribution is -2.22. The first-order chi connectivity index (χ1) is 11.2. The van der Waals surface area contributed by atoms with Crippen molar-refractivity contribution >= 4 is 11.5 Å². The summed E-state index contributed by atoms with van der Waals surface area (Å²) < 4.78 is 1.93. The van der Waals surface area contributed by atoms with Gasteiger partial charge < -0.3 is 11.1 Å². The highest BCUT2D eigenvalue weighted by Crippen LogP contribution is 2.36. The molecule has 0 radical (unpaired) electrons. The average Bonchev–Trinajstić information content (AvgIpc) is 3.17. The number of fused-ring (bicyclic) bond motifs is 1. The molecule has 2 fully saturated rings. The van der Waals surface area contributed by atoms with E-state index in [2.05, 4.69) is 23.4 Å². The van der Waals surface area contributed by atoms with Crippen LogP contribution in [0.5, 0.6) is 0 Å². The molecule has 4 rings (SSSR count). The highest BCUT2D eigenvalue weighted by molar-refractivity contribution is 5.50. The molecule has 0 amide bonds. The van der Waals surface area contributed by atoms with Gasteiger partial charge in [0.05, 0.1) is 6.20 Å². The summed E-state index contributed by atoms with van der Waals surface area (Å²) in [6.07, 6.45) is 10.3. The fourth-order valence-electron chi connectivity index (χ4n) is 4.16. The zero-order valence-electron chi connectivity index (χ0n) is 13.9. The Bertz CT molecular complexity index is 671. The molecule has 2 aromatic heterocycles. The van der Waals surface area contributed by atoms with Crippen molar-refractivity contribution in [2.75, 3.05) is 5.32 Å².